The highest BCUT2D eigenvalue weighted by molar-refractivity contribution is 7.28. The number of benzene rings is 1. The second kappa shape index (κ2) is 8.55. The number of carbonyl (C=O) groups is 1. The standard InChI is InChI=1S/C22H21F2N4O2P/c1-30-18-7-6-14(12-26-18)21(29)27-19-16(15-4-2-3-5-17(15)31)8-10-25-20(19)28-11-9-22(23,24)13-28/h2-8,10,12H,9,11,13,31H2,1H3,(H,27,29). The number of carbonyl (C=O) groups excluding carboxylic acids is 1. The molecule has 1 aliphatic heterocycles. The molecule has 3 heterocycles. The van der Waals surface area contributed by atoms with Crippen molar-refractivity contribution in [3.8, 4) is 17.0 Å². The molecule has 160 valence electrons. The lowest BCUT2D eigenvalue weighted by molar-refractivity contribution is 0.0257. The number of anilines is 2. The van der Waals surface area contributed by atoms with Crippen molar-refractivity contribution in [3.63, 3.8) is 0 Å². The van der Waals surface area contributed by atoms with Gasteiger partial charge in [0.05, 0.1) is 24.9 Å². The van der Waals surface area contributed by atoms with Gasteiger partial charge in [0.15, 0.2) is 5.82 Å². The first-order valence-electron chi connectivity index (χ1n) is 9.66. The molecule has 1 unspecified atom stereocenters. The Kier molecular flexibility index (Phi) is 5.83. The molecular weight excluding hydrogens is 421 g/mol. The molecule has 1 aliphatic rings. The van der Waals surface area contributed by atoms with Gasteiger partial charge in [-0.3, -0.25) is 4.79 Å². The van der Waals surface area contributed by atoms with E-state index in [0.29, 0.717) is 28.5 Å². The van der Waals surface area contributed by atoms with Crippen LogP contribution in [0.1, 0.15) is 16.8 Å². The molecule has 6 nitrogen and oxygen atoms in total. The van der Waals surface area contributed by atoms with Crippen LogP contribution >= 0.6 is 9.24 Å². The minimum atomic E-state index is -2.79. The molecule has 9 heteroatoms. The molecule has 1 atom stereocenters. The van der Waals surface area contributed by atoms with Gasteiger partial charge in [-0.05, 0) is 23.0 Å². The quantitative estimate of drug-likeness (QED) is 0.610. The van der Waals surface area contributed by atoms with E-state index in [4.69, 9.17) is 4.74 Å². The predicted molar refractivity (Wildman–Crippen MR) is 120 cm³/mol. The van der Waals surface area contributed by atoms with Crippen LogP contribution in [0.4, 0.5) is 20.3 Å². The molecule has 1 saturated heterocycles. The zero-order valence-corrected chi connectivity index (χ0v) is 18.0. The fourth-order valence-electron chi connectivity index (χ4n) is 3.52. The fraction of sp³-hybridized carbons (Fsp3) is 0.227. The molecule has 1 fully saturated rings. The molecule has 0 radical (unpaired) electrons. The Morgan fingerprint density at radius 2 is 1.97 bits per heavy atom. The number of aromatic nitrogens is 2. The third-order valence-corrected chi connectivity index (χ3v) is 5.60. The van der Waals surface area contributed by atoms with Gasteiger partial charge in [-0.1, -0.05) is 24.3 Å². The Bertz CT molecular complexity index is 1110. The number of ether oxygens (including phenoxy) is 1. The summed E-state index contributed by atoms with van der Waals surface area (Å²) in [5.41, 5.74) is 2.24. The van der Waals surface area contributed by atoms with Gasteiger partial charge in [0.1, 0.15) is 0 Å². The number of rotatable bonds is 5. The van der Waals surface area contributed by atoms with Crippen LogP contribution in [0.2, 0.25) is 0 Å². The summed E-state index contributed by atoms with van der Waals surface area (Å²) in [6, 6.07) is 12.5. The summed E-state index contributed by atoms with van der Waals surface area (Å²) in [4.78, 5) is 22.9. The minimum absolute atomic E-state index is 0.152. The lowest BCUT2D eigenvalue weighted by Crippen LogP contribution is -2.27. The van der Waals surface area contributed by atoms with E-state index in [1.54, 1.807) is 24.4 Å². The SMILES string of the molecule is COc1ccc(C(=O)Nc2c(-c3ccccc3P)ccnc2N2CCC(F)(F)C2)cn1. The van der Waals surface area contributed by atoms with Crippen LogP contribution in [0.15, 0.2) is 54.9 Å². The average Bonchev–Trinajstić information content (AvgIpc) is 3.14. The van der Waals surface area contributed by atoms with Gasteiger partial charge in [-0.2, -0.15) is 0 Å². The van der Waals surface area contributed by atoms with Gasteiger partial charge in [-0.15, -0.1) is 9.24 Å². The first-order valence-corrected chi connectivity index (χ1v) is 10.2. The van der Waals surface area contributed by atoms with E-state index in [9.17, 15) is 13.6 Å². The third kappa shape index (κ3) is 4.49. The monoisotopic (exact) mass is 442 g/mol. The number of hydrogen-bond acceptors (Lipinski definition) is 5. The van der Waals surface area contributed by atoms with E-state index in [-0.39, 0.29) is 13.0 Å². The summed E-state index contributed by atoms with van der Waals surface area (Å²) in [7, 11) is 4.14. The molecule has 31 heavy (non-hydrogen) atoms. The van der Waals surface area contributed by atoms with Crippen LogP contribution in [-0.2, 0) is 0 Å². The molecule has 4 rings (SSSR count). The maximum absolute atomic E-state index is 13.9. The second-order valence-corrected chi connectivity index (χ2v) is 7.84. The number of alkyl halides is 2. The molecule has 1 amide bonds. The van der Waals surface area contributed by atoms with Crippen LogP contribution in [0, 0.1) is 0 Å². The molecule has 1 aromatic carbocycles. The lowest BCUT2D eigenvalue weighted by atomic mass is 10.0. The van der Waals surface area contributed by atoms with E-state index in [2.05, 4.69) is 24.5 Å². The number of hydrogen-bond donors (Lipinski definition) is 1. The predicted octanol–water partition coefficient (Wildman–Crippen LogP) is 3.75. The molecule has 3 aromatic rings. The largest absolute Gasteiger partial charge is 0.481 e. The number of methoxy groups -OCH3 is 1. The Hall–Kier alpha value is -3.12. The van der Waals surface area contributed by atoms with Crippen molar-refractivity contribution in [2.24, 2.45) is 0 Å². The molecule has 1 N–H and O–H groups in total. The number of nitrogens with one attached hydrogen (secondary N) is 1. The van der Waals surface area contributed by atoms with Gasteiger partial charge < -0.3 is 15.0 Å². The van der Waals surface area contributed by atoms with Gasteiger partial charge in [0.2, 0.25) is 5.88 Å². The summed E-state index contributed by atoms with van der Waals surface area (Å²) >= 11 is 0. The molecular formula is C22H21F2N4O2P. The number of pyridine rings is 2. The fourth-order valence-corrected chi connectivity index (χ4v) is 3.88. The maximum Gasteiger partial charge on any atom is 0.266 e. The van der Waals surface area contributed by atoms with Crippen molar-refractivity contribution >= 4 is 32.0 Å². The molecule has 2 aromatic heterocycles. The van der Waals surface area contributed by atoms with Gasteiger partial charge in [-0.25, -0.2) is 18.7 Å². The highest BCUT2D eigenvalue weighted by atomic mass is 31.0. The Morgan fingerprint density at radius 1 is 1.16 bits per heavy atom. The van der Waals surface area contributed by atoms with Gasteiger partial charge in [0, 0.05) is 37.0 Å². The average molecular weight is 442 g/mol. The summed E-state index contributed by atoms with van der Waals surface area (Å²) in [6.45, 7) is -0.294. The smallest absolute Gasteiger partial charge is 0.266 e. The van der Waals surface area contributed by atoms with Crippen LogP contribution < -0.4 is 20.3 Å². The third-order valence-electron chi connectivity index (χ3n) is 5.10. The number of amides is 1. The highest BCUT2D eigenvalue weighted by Crippen LogP contribution is 2.39. The van der Waals surface area contributed by atoms with Crippen molar-refractivity contribution in [2.45, 2.75) is 12.3 Å². The molecule has 0 spiro atoms. The van der Waals surface area contributed by atoms with Crippen molar-refractivity contribution in [1.82, 2.24) is 9.97 Å². The van der Waals surface area contributed by atoms with E-state index in [1.807, 2.05) is 24.3 Å². The Labute approximate surface area is 180 Å². The molecule has 0 bridgehead atoms. The summed E-state index contributed by atoms with van der Waals surface area (Å²) < 4.78 is 32.9. The van der Waals surface area contributed by atoms with Crippen LogP contribution in [0.3, 0.4) is 0 Å². The zero-order valence-electron chi connectivity index (χ0n) is 16.8. The van der Waals surface area contributed by atoms with Crippen molar-refractivity contribution in [3.05, 3.63) is 60.4 Å². The summed E-state index contributed by atoms with van der Waals surface area (Å²) in [5.74, 6) is -2.51. The number of nitrogens with zero attached hydrogens (tertiary/aromatic N) is 3. The second-order valence-electron chi connectivity index (χ2n) is 7.22. The highest BCUT2D eigenvalue weighted by Gasteiger charge is 2.40. The van der Waals surface area contributed by atoms with Crippen LogP contribution in [0.5, 0.6) is 5.88 Å². The Morgan fingerprint density at radius 3 is 2.61 bits per heavy atom. The van der Waals surface area contributed by atoms with Crippen molar-refractivity contribution in [2.75, 3.05) is 30.4 Å². The van der Waals surface area contributed by atoms with Crippen molar-refractivity contribution < 1.29 is 18.3 Å². The zero-order chi connectivity index (χ0) is 22.0. The van der Waals surface area contributed by atoms with Crippen LogP contribution in [-0.4, -0.2) is 42.0 Å². The topological polar surface area (TPSA) is 67.3 Å². The summed E-state index contributed by atoms with van der Waals surface area (Å²) in [5, 5.41) is 3.79. The van der Waals surface area contributed by atoms with Gasteiger partial charge in [0.25, 0.3) is 11.8 Å². The van der Waals surface area contributed by atoms with Gasteiger partial charge >= 0.3 is 0 Å². The lowest BCUT2D eigenvalue weighted by Gasteiger charge is -2.23. The van der Waals surface area contributed by atoms with Crippen molar-refractivity contribution in [1.29, 1.82) is 0 Å². The molecule has 0 saturated carbocycles. The van der Waals surface area contributed by atoms with E-state index < -0.39 is 18.4 Å². The van der Waals surface area contributed by atoms with E-state index in [0.717, 1.165) is 10.9 Å². The minimum Gasteiger partial charge on any atom is -0.481 e. The first-order chi connectivity index (χ1) is 14.9. The van der Waals surface area contributed by atoms with E-state index in [1.165, 1.54) is 18.2 Å². The normalized spacial score (nSPS) is 15.0. The first kappa shape index (κ1) is 21.1. The maximum atomic E-state index is 13.9. The van der Waals surface area contributed by atoms with E-state index >= 15 is 0 Å². The number of halogens is 2. The van der Waals surface area contributed by atoms with Crippen LogP contribution in [0.25, 0.3) is 11.1 Å². The Balaban J connectivity index is 1.77. The molecule has 0 aliphatic carbocycles. The summed E-state index contributed by atoms with van der Waals surface area (Å²) in [6.07, 6.45) is 2.72.